The zero-order valence-corrected chi connectivity index (χ0v) is 11.1. The fourth-order valence-electron chi connectivity index (χ4n) is 1.15. The molecule has 0 saturated carbocycles. The Morgan fingerprint density at radius 2 is 2.19 bits per heavy atom. The SMILES string of the molecule is Cc1nc(-c2cncc(I)n2)sc1C(=O)O. The largest absolute Gasteiger partial charge is 0.477 e. The third-order valence-corrected chi connectivity index (χ3v) is 3.50. The highest BCUT2D eigenvalue weighted by Gasteiger charge is 2.15. The fourth-order valence-corrected chi connectivity index (χ4v) is 2.43. The van der Waals surface area contributed by atoms with Gasteiger partial charge in [-0.15, -0.1) is 11.3 Å². The van der Waals surface area contributed by atoms with Crippen LogP contribution < -0.4 is 0 Å². The van der Waals surface area contributed by atoms with Crippen LogP contribution >= 0.6 is 33.9 Å². The van der Waals surface area contributed by atoms with E-state index in [2.05, 4.69) is 15.0 Å². The molecule has 82 valence electrons. The van der Waals surface area contributed by atoms with Gasteiger partial charge in [0, 0.05) is 0 Å². The number of aromatic nitrogens is 3. The van der Waals surface area contributed by atoms with Crippen molar-refractivity contribution in [2.75, 3.05) is 0 Å². The lowest BCUT2D eigenvalue weighted by Crippen LogP contribution is -1.94. The molecule has 0 bridgehead atoms. The number of carboxylic acids is 1. The second kappa shape index (κ2) is 4.42. The first-order chi connectivity index (χ1) is 7.58. The van der Waals surface area contributed by atoms with Crippen molar-refractivity contribution in [1.29, 1.82) is 0 Å². The number of carboxylic acid groups (broad SMARTS) is 1. The van der Waals surface area contributed by atoms with Gasteiger partial charge in [-0.3, -0.25) is 4.98 Å². The molecule has 0 aliphatic rings. The molecule has 0 fully saturated rings. The summed E-state index contributed by atoms with van der Waals surface area (Å²) >= 11 is 3.16. The number of aromatic carboxylic acids is 1. The average molecular weight is 347 g/mol. The molecule has 2 heterocycles. The van der Waals surface area contributed by atoms with E-state index in [1.807, 2.05) is 22.6 Å². The van der Waals surface area contributed by atoms with Crippen molar-refractivity contribution >= 4 is 39.9 Å². The Hall–Kier alpha value is -1.09. The summed E-state index contributed by atoms with van der Waals surface area (Å²) in [4.78, 5) is 23.5. The molecule has 0 spiro atoms. The second-order valence-electron chi connectivity index (χ2n) is 2.97. The van der Waals surface area contributed by atoms with Crippen molar-refractivity contribution in [3.63, 3.8) is 0 Å². The van der Waals surface area contributed by atoms with Crippen LogP contribution in [0, 0.1) is 10.6 Å². The van der Waals surface area contributed by atoms with E-state index < -0.39 is 5.97 Å². The molecular formula is C9H6IN3O2S. The Labute approximate surface area is 109 Å². The number of carbonyl (C=O) groups is 1. The Kier molecular flexibility index (Phi) is 3.15. The Morgan fingerprint density at radius 1 is 1.44 bits per heavy atom. The maximum Gasteiger partial charge on any atom is 0.347 e. The number of rotatable bonds is 2. The van der Waals surface area contributed by atoms with Crippen molar-refractivity contribution in [3.05, 3.63) is 26.7 Å². The van der Waals surface area contributed by atoms with Gasteiger partial charge in [-0.1, -0.05) is 0 Å². The normalized spacial score (nSPS) is 10.4. The summed E-state index contributed by atoms with van der Waals surface area (Å²) < 4.78 is 0.750. The first-order valence-corrected chi connectivity index (χ1v) is 6.16. The minimum atomic E-state index is -0.958. The van der Waals surface area contributed by atoms with Gasteiger partial charge >= 0.3 is 5.97 Å². The highest BCUT2D eigenvalue weighted by molar-refractivity contribution is 14.1. The molecule has 1 N–H and O–H groups in total. The Balaban J connectivity index is 2.49. The maximum absolute atomic E-state index is 10.9. The van der Waals surface area contributed by atoms with Crippen molar-refractivity contribution in [2.45, 2.75) is 6.92 Å². The van der Waals surface area contributed by atoms with E-state index in [0.29, 0.717) is 16.4 Å². The molecule has 0 saturated heterocycles. The molecule has 0 aliphatic heterocycles. The third-order valence-electron chi connectivity index (χ3n) is 1.82. The van der Waals surface area contributed by atoms with Gasteiger partial charge < -0.3 is 5.11 Å². The molecule has 0 aromatic carbocycles. The molecule has 0 radical (unpaired) electrons. The lowest BCUT2D eigenvalue weighted by Gasteiger charge is -1.94. The van der Waals surface area contributed by atoms with Gasteiger partial charge in [0.25, 0.3) is 0 Å². The molecule has 2 aromatic rings. The van der Waals surface area contributed by atoms with E-state index >= 15 is 0 Å². The molecule has 2 aromatic heterocycles. The van der Waals surface area contributed by atoms with E-state index in [1.165, 1.54) is 0 Å². The molecule has 7 heteroatoms. The first kappa shape index (κ1) is 11.4. The van der Waals surface area contributed by atoms with Crippen LogP contribution in [0.15, 0.2) is 12.4 Å². The number of hydrogen-bond donors (Lipinski definition) is 1. The van der Waals surface area contributed by atoms with Gasteiger partial charge in [0.15, 0.2) is 0 Å². The van der Waals surface area contributed by atoms with Crippen LogP contribution in [0.4, 0.5) is 0 Å². The predicted octanol–water partition coefficient (Wildman–Crippen LogP) is 2.21. The molecule has 0 atom stereocenters. The summed E-state index contributed by atoms with van der Waals surface area (Å²) in [5, 5.41) is 9.50. The summed E-state index contributed by atoms with van der Waals surface area (Å²) in [6, 6.07) is 0. The molecule has 0 amide bonds. The molecule has 2 rings (SSSR count). The van der Waals surface area contributed by atoms with Crippen LogP contribution in [-0.2, 0) is 0 Å². The topological polar surface area (TPSA) is 76.0 Å². The van der Waals surface area contributed by atoms with Crippen LogP contribution in [0.3, 0.4) is 0 Å². The number of thiazole rings is 1. The van der Waals surface area contributed by atoms with Gasteiger partial charge in [-0.2, -0.15) is 0 Å². The summed E-state index contributed by atoms with van der Waals surface area (Å²) in [6.07, 6.45) is 3.20. The van der Waals surface area contributed by atoms with Crippen molar-refractivity contribution < 1.29 is 9.90 Å². The quantitative estimate of drug-likeness (QED) is 0.843. The van der Waals surface area contributed by atoms with Gasteiger partial charge in [0.2, 0.25) is 0 Å². The van der Waals surface area contributed by atoms with Crippen LogP contribution in [0.25, 0.3) is 10.7 Å². The van der Waals surface area contributed by atoms with E-state index in [-0.39, 0.29) is 4.88 Å². The Morgan fingerprint density at radius 3 is 2.75 bits per heavy atom. The second-order valence-corrected chi connectivity index (χ2v) is 5.07. The highest BCUT2D eigenvalue weighted by atomic mass is 127. The van der Waals surface area contributed by atoms with Crippen LogP contribution in [-0.4, -0.2) is 26.0 Å². The van der Waals surface area contributed by atoms with Gasteiger partial charge in [-0.25, -0.2) is 14.8 Å². The predicted molar refractivity (Wildman–Crippen MR) is 67.6 cm³/mol. The van der Waals surface area contributed by atoms with Gasteiger partial charge in [0.05, 0.1) is 18.1 Å². The maximum atomic E-state index is 10.9. The lowest BCUT2D eigenvalue weighted by molar-refractivity contribution is 0.0701. The van der Waals surface area contributed by atoms with E-state index in [0.717, 1.165) is 15.0 Å². The van der Waals surface area contributed by atoms with E-state index in [4.69, 9.17) is 5.11 Å². The van der Waals surface area contributed by atoms with Crippen LogP contribution in [0.1, 0.15) is 15.4 Å². The van der Waals surface area contributed by atoms with E-state index in [9.17, 15) is 4.79 Å². The van der Waals surface area contributed by atoms with Gasteiger partial charge in [-0.05, 0) is 29.5 Å². The van der Waals surface area contributed by atoms with Crippen LogP contribution in [0.5, 0.6) is 0 Å². The Bertz CT molecular complexity index is 555. The number of nitrogens with zero attached hydrogens (tertiary/aromatic N) is 3. The summed E-state index contributed by atoms with van der Waals surface area (Å²) in [7, 11) is 0. The fraction of sp³-hybridized carbons (Fsp3) is 0.111. The zero-order chi connectivity index (χ0) is 11.7. The number of halogens is 1. The lowest BCUT2D eigenvalue weighted by atomic mass is 10.4. The molecule has 16 heavy (non-hydrogen) atoms. The van der Waals surface area contributed by atoms with Gasteiger partial charge in [0.1, 0.15) is 19.3 Å². The van der Waals surface area contributed by atoms with Crippen LogP contribution in [0.2, 0.25) is 0 Å². The monoisotopic (exact) mass is 347 g/mol. The number of hydrogen-bond acceptors (Lipinski definition) is 5. The zero-order valence-electron chi connectivity index (χ0n) is 8.14. The molecule has 0 unspecified atom stereocenters. The van der Waals surface area contributed by atoms with Crippen molar-refractivity contribution in [1.82, 2.24) is 15.0 Å². The summed E-state index contributed by atoms with van der Waals surface area (Å²) in [5.41, 5.74) is 1.11. The smallest absolute Gasteiger partial charge is 0.347 e. The van der Waals surface area contributed by atoms with Crippen molar-refractivity contribution in [2.24, 2.45) is 0 Å². The summed E-state index contributed by atoms with van der Waals surface area (Å²) in [5.74, 6) is -0.958. The minimum Gasteiger partial charge on any atom is -0.477 e. The first-order valence-electron chi connectivity index (χ1n) is 4.26. The highest BCUT2D eigenvalue weighted by Crippen LogP contribution is 2.26. The van der Waals surface area contributed by atoms with E-state index in [1.54, 1.807) is 19.3 Å². The summed E-state index contributed by atoms with van der Waals surface area (Å²) in [6.45, 7) is 1.67. The molecular weight excluding hydrogens is 341 g/mol. The minimum absolute atomic E-state index is 0.246. The molecule has 0 aliphatic carbocycles. The number of aryl methyl sites for hydroxylation is 1. The third kappa shape index (κ3) is 2.19. The molecule has 5 nitrogen and oxygen atoms in total. The average Bonchev–Trinajstić information content (AvgIpc) is 2.60. The standard InChI is InChI=1S/C9H6IN3O2S/c1-4-7(9(14)15)16-8(12-4)5-2-11-3-6(10)13-5/h2-3H,1H3,(H,14,15). The van der Waals surface area contributed by atoms with Crippen molar-refractivity contribution in [3.8, 4) is 10.7 Å².